The molecule has 15 nitrogen and oxygen atoms in total. The van der Waals surface area contributed by atoms with E-state index >= 15 is 0 Å². The van der Waals surface area contributed by atoms with Crippen LogP contribution in [-0.2, 0) is 23.9 Å². The Balaban J connectivity index is 1.15. The van der Waals surface area contributed by atoms with Crippen molar-refractivity contribution >= 4 is 62.4 Å². The number of phenols is 2. The monoisotopic (exact) mass is 734 g/mol. The highest BCUT2D eigenvalue weighted by molar-refractivity contribution is 6.32. The van der Waals surface area contributed by atoms with Crippen LogP contribution in [0.2, 0.25) is 0 Å². The van der Waals surface area contributed by atoms with Crippen LogP contribution in [0.15, 0.2) is 71.2 Å². The topological polar surface area (TPSA) is 237 Å². The zero-order valence-corrected chi connectivity index (χ0v) is 28.1. The number of benzene rings is 4. The Bertz CT molecular complexity index is 2570. The van der Waals surface area contributed by atoms with Gasteiger partial charge in [-0.25, -0.2) is 0 Å². The van der Waals surface area contributed by atoms with Gasteiger partial charge in [0.25, 0.3) is 5.95 Å². The molecule has 4 aromatic carbocycles. The van der Waals surface area contributed by atoms with Crippen LogP contribution < -0.4 is 9.47 Å². The van der Waals surface area contributed by atoms with Crippen molar-refractivity contribution in [3.8, 4) is 23.0 Å². The number of hydrogen-bond donors (Lipinski definition) is 4. The van der Waals surface area contributed by atoms with Crippen molar-refractivity contribution in [2.45, 2.75) is 45.2 Å². The van der Waals surface area contributed by atoms with Crippen LogP contribution in [-0.4, -0.2) is 79.8 Å². The number of fused-ring (bicyclic) bond motifs is 5. The maximum atomic E-state index is 14.1. The van der Waals surface area contributed by atoms with Crippen molar-refractivity contribution in [2.75, 3.05) is 0 Å². The molecule has 4 aromatic rings. The van der Waals surface area contributed by atoms with Crippen LogP contribution in [0, 0.1) is 5.92 Å². The van der Waals surface area contributed by atoms with Gasteiger partial charge in [-0.1, -0.05) is 48.5 Å². The van der Waals surface area contributed by atoms with Crippen molar-refractivity contribution in [1.82, 2.24) is 0 Å². The first-order chi connectivity index (χ1) is 25.7. The first kappa shape index (κ1) is 34.4. The molecule has 0 fully saturated rings. The molecular formula is C39H26O15. The van der Waals surface area contributed by atoms with Gasteiger partial charge in [0.2, 0.25) is 11.6 Å². The van der Waals surface area contributed by atoms with Gasteiger partial charge in [-0.05, 0) is 0 Å². The zero-order chi connectivity index (χ0) is 38.5. The van der Waals surface area contributed by atoms with Gasteiger partial charge in [-0.3, -0.25) is 33.6 Å². The second-order valence-electron chi connectivity index (χ2n) is 13.1. The van der Waals surface area contributed by atoms with Gasteiger partial charge in [0.1, 0.15) is 17.6 Å². The smallest absolute Gasteiger partial charge is 0.308 e. The van der Waals surface area contributed by atoms with E-state index in [1.807, 2.05) is 0 Å². The summed E-state index contributed by atoms with van der Waals surface area (Å²) >= 11 is 0. The number of aromatic hydroxyl groups is 2. The molecule has 272 valence electrons. The van der Waals surface area contributed by atoms with Crippen LogP contribution in [0.25, 0.3) is 21.5 Å². The van der Waals surface area contributed by atoms with Gasteiger partial charge in [-0.15, -0.1) is 0 Å². The third kappa shape index (κ3) is 4.85. The van der Waals surface area contributed by atoms with Gasteiger partial charge in [0.05, 0.1) is 39.3 Å². The van der Waals surface area contributed by atoms with E-state index in [-0.39, 0.29) is 38.6 Å². The van der Waals surface area contributed by atoms with Crippen LogP contribution in [0.1, 0.15) is 68.1 Å². The molecule has 4 unspecified atom stereocenters. The third-order valence-electron chi connectivity index (χ3n) is 9.95. The Labute approximate surface area is 302 Å². The Morgan fingerprint density at radius 2 is 1.17 bits per heavy atom. The zero-order valence-electron chi connectivity index (χ0n) is 28.1. The summed E-state index contributed by atoms with van der Waals surface area (Å²) in [5.41, 5.74) is -3.45. The number of ketones is 5. The Morgan fingerprint density at radius 3 is 1.72 bits per heavy atom. The number of hydrogen-bond acceptors (Lipinski definition) is 15. The molecule has 0 saturated heterocycles. The molecule has 0 spiro atoms. The highest BCUT2D eigenvalue weighted by Crippen LogP contribution is 2.50. The van der Waals surface area contributed by atoms with E-state index in [0.29, 0.717) is 0 Å². The van der Waals surface area contributed by atoms with Crippen molar-refractivity contribution in [3.05, 3.63) is 93.4 Å². The van der Waals surface area contributed by atoms with Crippen LogP contribution in [0.5, 0.6) is 23.0 Å². The first-order valence-corrected chi connectivity index (χ1v) is 16.5. The van der Waals surface area contributed by atoms with Crippen molar-refractivity contribution in [2.24, 2.45) is 5.92 Å². The fraction of sp³-hybridized carbons (Fsp3) is 0.205. The number of carbonyl (C=O) groups excluding carboxylic acids is 7. The predicted octanol–water partition coefficient (Wildman–Crippen LogP) is 3.86. The van der Waals surface area contributed by atoms with Gasteiger partial charge in [0.15, 0.2) is 41.2 Å². The number of aliphatic hydroxyl groups excluding tert-OH is 2. The standard InChI is InChI=1S/C39H26O15/c1-13(40)51-36-17-9-5-3-7-15(17)29(42)25-27(36)34(47)23-19(31(25)44)11-21(53-38(23)49)33(46)22-12-20-24(39(50)54-22)35(48)28-26(32(20)45)30(43)16-8-4-6-10-18(16)37(28)52-14(2)41/h3-10,19,21-22,39,42-43,49-50H,11-12H2,1-2H3. The Kier molecular flexibility index (Phi) is 7.75. The molecule has 15 heteroatoms. The van der Waals surface area contributed by atoms with E-state index in [1.54, 1.807) is 24.3 Å². The minimum absolute atomic E-state index is 0.0823. The van der Waals surface area contributed by atoms with Crippen molar-refractivity contribution in [3.63, 3.8) is 0 Å². The summed E-state index contributed by atoms with van der Waals surface area (Å²) < 4.78 is 21.7. The maximum absolute atomic E-state index is 14.1. The summed E-state index contributed by atoms with van der Waals surface area (Å²) in [5.74, 6) is -11.0. The van der Waals surface area contributed by atoms with Gasteiger partial charge in [-0.2, -0.15) is 0 Å². The summed E-state index contributed by atoms with van der Waals surface area (Å²) in [6.45, 7) is 2.15. The minimum Gasteiger partial charge on any atom is -0.507 e. The third-order valence-corrected chi connectivity index (χ3v) is 9.95. The number of allylic oxidation sites excluding steroid dienone is 1. The summed E-state index contributed by atoms with van der Waals surface area (Å²) in [7, 11) is 0. The molecule has 4 N–H and O–H groups in total. The van der Waals surface area contributed by atoms with E-state index < -0.39 is 129 Å². The van der Waals surface area contributed by atoms with E-state index in [1.165, 1.54) is 24.3 Å². The lowest BCUT2D eigenvalue weighted by molar-refractivity contribution is -0.163. The number of ether oxygens (including phenoxy) is 4. The number of aliphatic hydroxyl groups is 2. The second-order valence-corrected chi connectivity index (χ2v) is 13.1. The molecule has 0 aromatic heterocycles. The molecule has 8 rings (SSSR count). The summed E-state index contributed by atoms with van der Waals surface area (Å²) in [6.07, 6.45) is -6.78. The number of rotatable bonds is 4. The van der Waals surface area contributed by atoms with E-state index in [2.05, 4.69) is 0 Å². The molecule has 4 atom stereocenters. The first-order valence-electron chi connectivity index (χ1n) is 16.5. The number of Topliss-reactive ketones (excluding diaryl/α,β-unsaturated/α-hetero) is 5. The molecule has 4 aliphatic rings. The van der Waals surface area contributed by atoms with Gasteiger partial charge in [0, 0.05) is 53.8 Å². The fourth-order valence-electron chi connectivity index (χ4n) is 7.72. The summed E-state index contributed by atoms with van der Waals surface area (Å²) in [6, 6.07) is 12.0. The van der Waals surface area contributed by atoms with Gasteiger partial charge < -0.3 is 39.4 Å². The maximum Gasteiger partial charge on any atom is 0.308 e. The lowest BCUT2D eigenvalue weighted by atomic mass is 9.72. The number of carbonyl (C=O) groups is 7. The lowest BCUT2D eigenvalue weighted by Crippen LogP contribution is -2.48. The van der Waals surface area contributed by atoms with Gasteiger partial charge >= 0.3 is 11.9 Å². The van der Waals surface area contributed by atoms with Crippen LogP contribution >= 0.6 is 0 Å². The Hall–Kier alpha value is -6.71. The van der Waals surface area contributed by atoms with Crippen molar-refractivity contribution in [1.29, 1.82) is 0 Å². The molecule has 0 amide bonds. The summed E-state index contributed by atoms with van der Waals surface area (Å²) in [5, 5.41) is 45.0. The Morgan fingerprint density at radius 1 is 0.667 bits per heavy atom. The normalized spacial score (nSPS) is 22.0. The lowest BCUT2D eigenvalue weighted by Gasteiger charge is -2.37. The minimum atomic E-state index is -2.18. The van der Waals surface area contributed by atoms with E-state index in [0.717, 1.165) is 13.8 Å². The van der Waals surface area contributed by atoms with E-state index in [9.17, 15) is 54.0 Å². The molecule has 0 radical (unpaired) electrons. The quantitative estimate of drug-likeness (QED) is 0.172. The van der Waals surface area contributed by atoms with Crippen LogP contribution in [0.4, 0.5) is 0 Å². The van der Waals surface area contributed by atoms with Crippen LogP contribution in [0.3, 0.4) is 0 Å². The average Bonchev–Trinajstić information content (AvgIpc) is 3.13. The SMILES string of the molecule is CC(=O)Oc1c2c(c(O)c3ccccc13)C(=O)C1=C(C2=O)C(O)OC(C(=O)C2CC3C(=O)c4c(c(OC(C)=O)c5ccccc5c4O)C(=O)C3=C(O)O2)C1. The molecular weight excluding hydrogens is 708 g/mol. The largest absolute Gasteiger partial charge is 0.507 e. The molecule has 2 heterocycles. The highest BCUT2D eigenvalue weighted by atomic mass is 16.6. The fourth-order valence-corrected chi connectivity index (χ4v) is 7.72. The van der Waals surface area contributed by atoms with E-state index in [4.69, 9.17) is 18.9 Å². The number of phenolic OH excluding ortho intramolecular Hbond substituents is 2. The molecule has 0 bridgehead atoms. The number of esters is 2. The second kappa shape index (κ2) is 12.2. The average molecular weight is 735 g/mol. The molecule has 54 heavy (non-hydrogen) atoms. The summed E-state index contributed by atoms with van der Waals surface area (Å²) in [4.78, 5) is 94.0. The van der Waals surface area contributed by atoms with Crippen molar-refractivity contribution < 1.29 is 72.9 Å². The highest BCUT2D eigenvalue weighted by Gasteiger charge is 2.52. The molecule has 2 aliphatic heterocycles. The molecule has 2 aliphatic carbocycles. The molecule has 0 saturated carbocycles. The predicted molar refractivity (Wildman–Crippen MR) is 181 cm³/mol.